The van der Waals surface area contributed by atoms with Crippen molar-refractivity contribution in [3.8, 4) is 0 Å². The molecule has 23 heavy (non-hydrogen) atoms. The van der Waals surface area contributed by atoms with Crippen molar-refractivity contribution in [2.75, 3.05) is 5.32 Å². The summed E-state index contributed by atoms with van der Waals surface area (Å²) >= 11 is 0. The molecule has 2 aromatic carbocycles. The Morgan fingerprint density at radius 1 is 1.00 bits per heavy atom. The fourth-order valence-corrected chi connectivity index (χ4v) is 3.25. The second kappa shape index (κ2) is 6.41. The number of hydrogen-bond donors (Lipinski definition) is 2. The van der Waals surface area contributed by atoms with E-state index >= 15 is 0 Å². The van der Waals surface area contributed by atoms with E-state index < -0.39 is 5.54 Å². The fraction of sp³-hybridized carbons (Fsp3) is 0.316. The number of rotatable bonds is 3. The summed E-state index contributed by atoms with van der Waals surface area (Å²) in [6, 6.07) is 13.9. The van der Waals surface area contributed by atoms with Gasteiger partial charge in [-0.2, -0.15) is 0 Å². The van der Waals surface area contributed by atoms with Gasteiger partial charge in [0.15, 0.2) is 0 Å². The third kappa shape index (κ3) is 3.52. The van der Waals surface area contributed by atoms with Crippen LogP contribution in [0.3, 0.4) is 0 Å². The standard InChI is InChI=1S/C19H21FN2O/c1-14-4-10-17(11-5-14)21-18(23)22-19(12-2-3-13-19)15-6-8-16(20)9-7-15/h4-11H,2-3,12-13H2,1H3,(H2,21,22,23). The van der Waals surface area contributed by atoms with E-state index in [4.69, 9.17) is 0 Å². The van der Waals surface area contributed by atoms with Crippen LogP contribution in [0.1, 0.15) is 36.8 Å². The zero-order chi connectivity index (χ0) is 16.3. The zero-order valence-corrected chi connectivity index (χ0v) is 13.2. The molecule has 3 rings (SSSR count). The first-order valence-corrected chi connectivity index (χ1v) is 7.99. The molecule has 0 heterocycles. The molecule has 3 nitrogen and oxygen atoms in total. The third-order valence-electron chi connectivity index (χ3n) is 4.52. The lowest BCUT2D eigenvalue weighted by Gasteiger charge is -2.31. The lowest BCUT2D eigenvalue weighted by atomic mass is 9.88. The van der Waals surface area contributed by atoms with Gasteiger partial charge in [0.2, 0.25) is 0 Å². The summed E-state index contributed by atoms with van der Waals surface area (Å²) in [6.07, 6.45) is 3.87. The van der Waals surface area contributed by atoms with E-state index in [0.717, 1.165) is 42.5 Å². The van der Waals surface area contributed by atoms with Gasteiger partial charge in [0.1, 0.15) is 5.82 Å². The van der Waals surface area contributed by atoms with Gasteiger partial charge in [-0.3, -0.25) is 0 Å². The smallest absolute Gasteiger partial charge is 0.319 e. The van der Waals surface area contributed by atoms with Crippen molar-refractivity contribution >= 4 is 11.7 Å². The Morgan fingerprint density at radius 3 is 2.22 bits per heavy atom. The van der Waals surface area contributed by atoms with Gasteiger partial charge in [0.25, 0.3) is 0 Å². The molecule has 1 saturated carbocycles. The Kier molecular flexibility index (Phi) is 4.33. The Balaban J connectivity index is 1.75. The molecular formula is C19H21FN2O. The largest absolute Gasteiger partial charge is 0.328 e. The van der Waals surface area contributed by atoms with Gasteiger partial charge in [-0.15, -0.1) is 0 Å². The van der Waals surface area contributed by atoms with Crippen LogP contribution >= 0.6 is 0 Å². The molecule has 0 unspecified atom stereocenters. The van der Waals surface area contributed by atoms with Crippen molar-refractivity contribution in [3.63, 3.8) is 0 Å². The molecule has 2 amide bonds. The highest BCUT2D eigenvalue weighted by Crippen LogP contribution is 2.38. The van der Waals surface area contributed by atoms with Gasteiger partial charge in [0.05, 0.1) is 5.54 Å². The van der Waals surface area contributed by atoms with Crippen LogP contribution in [-0.2, 0) is 5.54 Å². The molecule has 2 N–H and O–H groups in total. The minimum Gasteiger partial charge on any atom is -0.328 e. The molecule has 0 bridgehead atoms. The molecule has 0 aliphatic heterocycles. The Bertz CT molecular complexity index is 674. The molecule has 0 saturated heterocycles. The maximum Gasteiger partial charge on any atom is 0.319 e. The minimum atomic E-state index is -0.400. The van der Waals surface area contributed by atoms with Crippen LogP contribution in [0, 0.1) is 12.7 Å². The average Bonchev–Trinajstić information content (AvgIpc) is 2.99. The second-order valence-electron chi connectivity index (χ2n) is 6.24. The highest BCUT2D eigenvalue weighted by atomic mass is 19.1. The van der Waals surface area contributed by atoms with Crippen molar-refractivity contribution in [1.29, 1.82) is 0 Å². The SMILES string of the molecule is Cc1ccc(NC(=O)NC2(c3ccc(F)cc3)CCCC2)cc1. The summed E-state index contributed by atoms with van der Waals surface area (Å²) in [5.41, 5.74) is 2.48. The van der Waals surface area contributed by atoms with Crippen LogP contribution in [0.15, 0.2) is 48.5 Å². The van der Waals surface area contributed by atoms with Gasteiger partial charge < -0.3 is 10.6 Å². The Labute approximate surface area is 135 Å². The number of carbonyl (C=O) groups excluding carboxylic acids is 1. The topological polar surface area (TPSA) is 41.1 Å². The van der Waals surface area contributed by atoms with E-state index in [1.807, 2.05) is 31.2 Å². The zero-order valence-electron chi connectivity index (χ0n) is 13.2. The lowest BCUT2D eigenvalue weighted by Crippen LogP contribution is -2.45. The molecule has 120 valence electrons. The number of anilines is 1. The Morgan fingerprint density at radius 2 is 1.61 bits per heavy atom. The first-order valence-electron chi connectivity index (χ1n) is 7.99. The van der Waals surface area contributed by atoms with Crippen molar-refractivity contribution < 1.29 is 9.18 Å². The van der Waals surface area contributed by atoms with E-state index in [9.17, 15) is 9.18 Å². The van der Waals surface area contributed by atoms with E-state index in [1.54, 1.807) is 12.1 Å². The predicted molar refractivity (Wildman–Crippen MR) is 89.9 cm³/mol. The molecule has 0 spiro atoms. The molecular weight excluding hydrogens is 291 g/mol. The van der Waals surface area contributed by atoms with Crippen LogP contribution in [0.5, 0.6) is 0 Å². The maximum absolute atomic E-state index is 13.2. The summed E-state index contributed by atoms with van der Waals surface area (Å²) in [4.78, 5) is 12.4. The molecule has 0 radical (unpaired) electrons. The Hall–Kier alpha value is -2.36. The quantitative estimate of drug-likeness (QED) is 0.845. The third-order valence-corrected chi connectivity index (χ3v) is 4.52. The van der Waals surface area contributed by atoms with Crippen LogP contribution in [0.4, 0.5) is 14.9 Å². The van der Waals surface area contributed by atoms with Crippen molar-refractivity contribution in [2.24, 2.45) is 0 Å². The van der Waals surface area contributed by atoms with E-state index in [2.05, 4.69) is 10.6 Å². The number of benzene rings is 2. The maximum atomic E-state index is 13.2. The number of hydrogen-bond acceptors (Lipinski definition) is 1. The number of urea groups is 1. The second-order valence-corrected chi connectivity index (χ2v) is 6.24. The molecule has 0 aromatic heterocycles. The summed E-state index contributed by atoms with van der Waals surface area (Å²) in [7, 11) is 0. The number of halogens is 1. The summed E-state index contributed by atoms with van der Waals surface area (Å²) < 4.78 is 13.2. The van der Waals surface area contributed by atoms with Gasteiger partial charge in [-0.1, -0.05) is 42.7 Å². The number of carbonyl (C=O) groups is 1. The van der Waals surface area contributed by atoms with Crippen LogP contribution in [0.2, 0.25) is 0 Å². The van der Waals surface area contributed by atoms with Crippen LogP contribution in [0.25, 0.3) is 0 Å². The van der Waals surface area contributed by atoms with Crippen LogP contribution < -0.4 is 10.6 Å². The molecule has 1 aliphatic rings. The summed E-state index contributed by atoms with van der Waals surface area (Å²) in [6.45, 7) is 2.01. The molecule has 4 heteroatoms. The highest BCUT2D eigenvalue weighted by Gasteiger charge is 2.37. The van der Waals surface area contributed by atoms with Crippen molar-refractivity contribution in [1.82, 2.24) is 5.32 Å². The van der Waals surface area contributed by atoms with Crippen molar-refractivity contribution in [2.45, 2.75) is 38.1 Å². The summed E-state index contributed by atoms with van der Waals surface area (Å²) in [5, 5.41) is 6.00. The van der Waals surface area contributed by atoms with E-state index in [-0.39, 0.29) is 11.8 Å². The molecule has 2 aromatic rings. The monoisotopic (exact) mass is 312 g/mol. The highest BCUT2D eigenvalue weighted by molar-refractivity contribution is 5.89. The number of aryl methyl sites for hydroxylation is 1. The first kappa shape index (κ1) is 15.5. The fourth-order valence-electron chi connectivity index (χ4n) is 3.25. The van der Waals surface area contributed by atoms with E-state index in [0.29, 0.717) is 0 Å². The van der Waals surface area contributed by atoms with Gasteiger partial charge in [-0.05, 0) is 49.6 Å². The minimum absolute atomic E-state index is 0.222. The first-order chi connectivity index (χ1) is 11.1. The number of nitrogens with one attached hydrogen (secondary N) is 2. The van der Waals surface area contributed by atoms with Gasteiger partial charge in [0, 0.05) is 5.69 Å². The van der Waals surface area contributed by atoms with Crippen LogP contribution in [-0.4, -0.2) is 6.03 Å². The number of amides is 2. The predicted octanol–water partition coefficient (Wildman–Crippen LogP) is 4.73. The molecule has 1 aliphatic carbocycles. The van der Waals surface area contributed by atoms with Gasteiger partial charge in [-0.25, -0.2) is 9.18 Å². The van der Waals surface area contributed by atoms with E-state index in [1.165, 1.54) is 12.1 Å². The summed E-state index contributed by atoms with van der Waals surface area (Å²) in [5.74, 6) is -0.258. The lowest BCUT2D eigenvalue weighted by molar-refractivity contribution is 0.236. The van der Waals surface area contributed by atoms with Crippen molar-refractivity contribution in [3.05, 3.63) is 65.5 Å². The molecule has 0 atom stereocenters. The average molecular weight is 312 g/mol. The normalized spacial score (nSPS) is 16.1. The van der Waals surface area contributed by atoms with Gasteiger partial charge >= 0.3 is 6.03 Å². The molecule has 1 fully saturated rings.